The third-order valence-corrected chi connectivity index (χ3v) is 7.04. The number of aryl methyl sites for hydroxylation is 1. The first-order valence-electron chi connectivity index (χ1n) is 8.08. The molecule has 0 aliphatic carbocycles. The van der Waals surface area contributed by atoms with Crippen LogP contribution in [0.4, 0.5) is 5.95 Å². The maximum Gasteiger partial charge on any atom is 0.250 e. The third kappa shape index (κ3) is 2.89. The molecular formula is C16H23N5OS. The van der Waals surface area contributed by atoms with Gasteiger partial charge in [0.25, 0.3) is 0 Å². The van der Waals surface area contributed by atoms with E-state index < -0.39 is 10.8 Å². The van der Waals surface area contributed by atoms with E-state index >= 15 is 0 Å². The summed E-state index contributed by atoms with van der Waals surface area (Å²) in [6.45, 7) is 7.75. The van der Waals surface area contributed by atoms with Crippen LogP contribution >= 0.6 is 0 Å². The van der Waals surface area contributed by atoms with Crippen molar-refractivity contribution in [2.75, 3.05) is 23.7 Å². The van der Waals surface area contributed by atoms with Crippen LogP contribution in [0.5, 0.6) is 0 Å². The van der Waals surface area contributed by atoms with E-state index in [1.807, 2.05) is 12.1 Å². The molecule has 1 saturated heterocycles. The van der Waals surface area contributed by atoms with Crippen molar-refractivity contribution in [3.05, 3.63) is 29.8 Å². The van der Waals surface area contributed by atoms with Crippen molar-refractivity contribution in [3.63, 3.8) is 0 Å². The summed E-state index contributed by atoms with van der Waals surface area (Å²) in [4.78, 5) is 2.17. The minimum atomic E-state index is -0.793. The van der Waals surface area contributed by atoms with Crippen molar-refractivity contribution in [3.8, 4) is 5.69 Å². The minimum Gasteiger partial charge on any atom is -0.337 e. The van der Waals surface area contributed by atoms with Gasteiger partial charge < -0.3 is 4.90 Å². The summed E-state index contributed by atoms with van der Waals surface area (Å²) >= 11 is 0. The molecule has 1 fully saturated rings. The number of aromatic nitrogens is 4. The van der Waals surface area contributed by atoms with Gasteiger partial charge in [-0.2, -0.15) is 4.68 Å². The Morgan fingerprint density at radius 2 is 1.91 bits per heavy atom. The van der Waals surface area contributed by atoms with E-state index in [0.29, 0.717) is 5.75 Å². The highest BCUT2D eigenvalue weighted by atomic mass is 32.2. The standard InChI is InChI=1S/C16H23N5OS/c1-4-16(5-2)12-20(10-11-23(16)22)15-17-18-19-21(15)14-8-6-13(3)7-9-14/h6-9H,4-5,10-12H2,1-3H3. The maximum atomic E-state index is 12.5. The first kappa shape index (κ1) is 16.1. The quantitative estimate of drug-likeness (QED) is 0.857. The van der Waals surface area contributed by atoms with Crippen LogP contribution in [-0.4, -0.2) is 48.0 Å². The summed E-state index contributed by atoms with van der Waals surface area (Å²) in [5.74, 6) is 1.40. The lowest BCUT2D eigenvalue weighted by Gasteiger charge is -2.41. The number of anilines is 1. The second kappa shape index (κ2) is 6.39. The number of hydrogen-bond donors (Lipinski definition) is 0. The molecule has 3 rings (SSSR count). The van der Waals surface area contributed by atoms with E-state index in [9.17, 15) is 4.21 Å². The SMILES string of the molecule is CCC1(CC)CN(c2nnnn2-c2ccc(C)cc2)CCS1=O. The number of hydrogen-bond acceptors (Lipinski definition) is 5. The van der Waals surface area contributed by atoms with Crippen molar-refractivity contribution >= 4 is 16.7 Å². The zero-order chi connectivity index (χ0) is 16.4. The normalized spacial score (nSPS) is 20.7. The monoisotopic (exact) mass is 333 g/mol. The summed E-state index contributed by atoms with van der Waals surface area (Å²) in [7, 11) is -0.793. The van der Waals surface area contributed by atoms with Crippen molar-refractivity contribution in [2.24, 2.45) is 0 Å². The second-order valence-electron chi connectivity index (χ2n) is 6.09. The van der Waals surface area contributed by atoms with Gasteiger partial charge >= 0.3 is 0 Å². The zero-order valence-corrected chi connectivity index (χ0v) is 14.7. The minimum absolute atomic E-state index is 0.164. The Labute approximate surface area is 139 Å². The van der Waals surface area contributed by atoms with Crippen LogP contribution in [0.25, 0.3) is 5.69 Å². The molecule has 1 atom stereocenters. The first-order valence-corrected chi connectivity index (χ1v) is 9.40. The highest BCUT2D eigenvalue weighted by Gasteiger charge is 2.40. The molecule has 124 valence electrons. The summed E-state index contributed by atoms with van der Waals surface area (Å²) in [6.07, 6.45) is 1.80. The Morgan fingerprint density at radius 1 is 1.22 bits per heavy atom. The number of rotatable bonds is 4. The second-order valence-corrected chi connectivity index (χ2v) is 8.05. The molecule has 2 aromatic rings. The molecule has 0 spiro atoms. The van der Waals surface area contributed by atoms with E-state index in [1.54, 1.807) is 4.68 Å². The molecule has 1 aromatic carbocycles. The van der Waals surface area contributed by atoms with Crippen LogP contribution in [0.1, 0.15) is 32.3 Å². The fourth-order valence-electron chi connectivity index (χ4n) is 3.11. The Hall–Kier alpha value is -1.76. The summed E-state index contributed by atoms with van der Waals surface area (Å²) < 4.78 is 14.1. The van der Waals surface area contributed by atoms with E-state index in [4.69, 9.17) is 0 Å². The Bertz CT molecular complexity index is 693. The average Bonchev–Trinajstić information content (AvgIpc) is 3.06. The largest absolute Gasteiger partial charge is 0.337 e. The van der Waals surface area contributed by atoms with Gasteiger partial charge in [0.2, 0.25) is 5.95 Å². The van der Waals surface area contributed by atoms with E-state index in [2.05, 4.69) is 53.3 Å². The smallest absolute Gasteiger partial charge is 0.250 e. The maximum absolute atomic E-state index is 12.5. The van der Waals surface area contributed by atoms with Crippen LogP contribution in [0.15, 0.2) is 24.3 Å². The highest BCUT2D eigenvalue weighted by Crippen LogP contribution is 2.31. The number of tetrazole rings is 1. The van der Waals surface area contributed by atoms with Crippen LogP contribution < -0.4 is 4.90 Å². The average molecular weight is 333 g/mol. The molecule has 1 aromatic heterocycles. The Morgan fingerprint density at radius 3 is 2.57 bits per heavy atom. The van der Waals surface area contributed by atoms with Crippen molar-refractivity contribution in [2.45, 2.75) is 38.4 Å². The lowest BCUT2D eigenvalue weighted by molar-refractivity contribution is 0.490. The Kier molecular flexibility index (Phi) is 4.48. The molecule has 1 unspecified atom stereocenters. The van der Waals surface area contributed by atoms with Crippen LogP contribution in [0.2, 0.25) is 0 Å². The van der Waals surface area contributed by atoms with Gasteiger partial charge in [0.05, 0.1) is 10.4 Å². The van der Waals surface area contributed by atoms with Gasteiger partial charge in [0.1, 0.15) is 0 Å². The summed E-state index contributed by atoms with van der Waals surface area (Å²) in [6, 6.07) is 8.14. The number of benzene rings is 1. The summed E-state index contributed by atoms with van der Waals surface area (Å²) in [5, 5.41) is 12.2. The molecule has 0 amide bonds. The fourth-order valence-corrected chi connectivity index (χ4v) is 4.87. The van der Waals surface area contributed by atoms with Gasteiger partial charge in [-0.05, 0) is 42.3 Å². The van der Waals surface area contributed by atoms with E-state index in [1.165, 1.54) is 5.56 Å². The topological polar surface area (TPSA) is 63.9 Å². The van der Waals surface area contributed by atoms with E-state index in [0.717, 1.165) is 37.6 Å². The molecule has 6 nitrogen and oxygen atoms in total. The molecule has 23 heavy (non-hydrogen) atoms. The lowest BCUT2D eigenvalue weighted by Crippen LogP contribution is -2.53. The van der Waals surface area contributed by atoms with Crippen LogP contribution in [0.3, 0.4) is 0 Å². The molecule has 7 heteroatoms. The molecule has 0 N–H and O–H groups in total. The van der Waals surface area contributed by atoms with Crippen LogP contribution in [0, 0.1) is 6.92 Å². The van der Waals surface area contributed by atoms with Gasteiger partial charge in [0.15, 0.2) is 0 Å². The molecule has 0 saturated carbocycles. The predicted octanol–water partition coefficient (Wildman–Crippen LogP) is 2.10. The van der Waals surface area contributed by atoms with Crippen molar-refractivity contribution < 1.29 is 4.21 Å². The molecule has 0 radical (unpaired) electrons. The lowest BCUT2D eigenvalue weighted by atomic mass is 10.0. The molecule has 2 heterocycles. The third-order valence-electron chi connectivity index (χ3n) is 4.81. The van der Waals surface area contributed by atoms with Gasteiger partial charge in [0, 0.05) is 29.6 Å². The molecule has 1 aliphatic heterocycles. The van der Waals surface area contributed by atoms with Crippen molar-refractivity contribution in [1.82, 2.24) is 20.2 Å². The zero-order valence-electron chi connectivity index (χ0n) is 13.9. The molecular weight excluding hydrogens is 310 g/mol. The fraction of sp³-hybridized carbons (Fsp3) is 0.562. The summed E-state index contributed by atoms with van der Waals surface area (Å²) in [5.41, 5.74) is 2.15. The van der Waals surface area contributed by atoms with Gasteiger partial charge in [-0.1, -0.05) is 36.6 Å². The molecule has 0 bridgehead atoms. The molecule has 1 aliphatic rings. The first-order chi connectivity index (χ1) is 11.1. The predicted molar refractivity (Wildman–Crippen MR) is 92.4 cm³/mol. The van der Waals surface area contributed by atoms with Crippen molar-refractivity contribution in [1.29, 1.82) is 0 Å². The van der Waals surface area contributed by atoms with Crippen LogP contribution in [-0.2, 0) is 10.8 Å². The highest BCUT2D eigenvalue weighted by molar-refractivity contribution is 7.86. The Balaban J connectivity index is 1.93. The number of nitrogens with zero attached hydrogens (tertiary/aromatic N) is 5. The van der Waals surface area contributed by atoms with Gasteiger partial charge in [-0.25, -0.2) is 0 Å². The van der Waals surface area contributed by atoms with E-state index in [-0.39, 0.29) is 4.75 Å². The van der Waals surface area contributed by atoms with Gasteiger partial charge in [-0.15, -0.1) is 0 Å². The van der Waals surface area contributed by atoms with Gasteiger partial charge in [-0.3, -0.25) is 4.21 Å².